The number of halogens is 1. The van der Waals surface area contributed by atoms with Gasteiger partial charge in [-0.3, -0.25) is 9.69 Å². The largest absolute Gasteiger partial charge is 0.352 e. The van der Waals surface area contributed by atoms with E-state index in [4.69, 9.17) is 11.6 Å². The van der Waals surface area contributed by atoms with Gasteiger partial charge >= 0.3 is 6.03 Å². The number of carbonyl (C=O) groups is 2. The lowest BCUT2D eigenvalue weighted by molar-refractivity contribution is -0.129. The number of hydrogen-bond donors (Lipinski definition) is 2. The molecule has 2 fully saturated rings. The lowest BCUT2D eigenvalue weighted by Gasteiger charge is -2.41. The molecule has 4 rings (SSSR count). The summed E-state index contributed by atoms with van der Waals surface area (Å²) < 4.78 is 0. The van der Waals surface area contributed by atoms with Crippen LogP contribution in [0.25, 0.3) is 0 Å². The first-order chi connectivity index (χ1) is 17.0. The van der Waals surface area contributed by atoms with Gasteiger partial charge in [-0.05, 0) is 62.3 Å². The first-order valence-electron chi connectivity index (χ1n) is 12.9. The minimum Gasteiger partial charge on any atom is -0.352 e. The van der Waals surface area contributed by atoms with Crippen LogP contribution in [0, 0.1) is 5.92 Å². The highest BCUT2D eigenvalue weighted by molar-refractivity contribution is 6.30. The zero-order valence-electron chi connectivity index (χ0n) is 20.6. The summed E-state index contributed by atoms with van der Waals surface area (Å²) >= 11 is 6.04. The van der Waals surface area contributed by atoms with E-state index in [-0.39, 0.29) is 24.0 Å². The van der Waals surface area contributed by atoms with Crippen molar-refractivity contribution in [2.75, 3.05) is 31.5 Å². The van der Waals surface area contributed by atoms with Gasteiger partial charge in [-0.15, -0.1) is 0 Å². The van der Waals surface area contributed by atoms with Crippen LogP contribution in [0.4, 0.5) is 10.5 Å². The van der Waals surface area contributed by atoms with Gasteiger partial charge in [0.15, 0.2) is 0 Å². The number of anilines is 1. The predicted molar refractivity (Wildman–Crippen MR) is 142 cm³/mol. The standard InChI is InChI=1S/C28H37ClN4O2/c1-21(14-15-22-8-3-2-4-9-22)30-27(34)26(23-10-5-6-11-23)32-16-18-33(19-17-32)28(35)31-25-13-7-12-24(29)20-25/h2-4,7-9,12-13,20-21,23,26H,5-6,10-11,14-19H2,1H3,(H,30,34)(H,31,35)/t21-,26+/m0/s1. The summed E-state index contributed by atoms with van der Waals surface area (Å²) in [6.07, 6.45) is 6.47. The SMILES string of the molecule is C[C@@H](CCc1ccccc1)NC(=O)[C@@H](C1CCCC1)N1CCN(C(=O)Nc2cccc(Cl)c2)CC1. The fraction of sp³-hybridized carbons (Fsp3) is 0.500. The average molecular weight is 497 g/mol. The molecule has 35 heavy (non-hydrogen) atoms. The Morgan fingerprint density at radius 3 is 2.40 bits per heavy atom. The van der Waals surface area contributed by atoms with Crippen molar-refractivity contribution >= 4 is 29.2 Å². The molecule has 1 saturated carbocycles. The Hall–Kier alpha value is -2.57. The topological polar surface area (TPSA) is 64.7 Å². The summed E-state index contributed by atoms with van der Waals surface area (Å²) in [4.78, 5) is 30.4. The van der Waals surface area contributed by atoms with Gasteiger partial charge in [0.25, 0.3) is 0 Å². The molecule has 7 heteroatoms. The van der Waals surface area contributed by atoms with Gasteiger partial charge < -0.3 is 15.5 Å². The van der Waals surface area contributed by atoms with Crippen LogP contribution < -0.4 is 10.6 Å². The number of nitrogens with zero attached hydrogens (tertiary/aromatic N) is 2. The Bertz CT molecular complexity index is 972. The molecule has 1 saturated heterocycles. The van der Waals surface area contributed by atoms with Crippen LogP contribution in [-0.2, 0) is 11.2 Å². The third-order valence-electron chi connectivity index (χ3n) is 7.28. The Morgan fingerprint density at radius 2 is 1.71 bits per heavy atom. The van der Waals surface area contributed by atoms with Crippen molar-refractivity contribution in [1.29, 1.82) is 0 Å². The van der Waals surface area contributed by atoms with E-state index >= 15 is 0 Å². The average Bonchev–Trinajstić information content (AvgIpc) is 3.38. The van der Waals surface area contributed by atoms with Crippen LogP contribution in [0.2, 0.25) is 5.02 Å². The molecule has 2 aliphatic rings. The highest BCUT2D eigenvalue weighted by atomic mass is 35.5. The van der Waals surface area contributed by atoms with E-state index in [0.717, 1.165) is 25.7 Å². The molecule has 0 unspecified atom stereocenters. The summed E-state index contributed by atoms with van der Waals surface area (Å²) in [5.41, 5.74) is 1.99. The number of piperazine rings is 1. The Balaban J connectivity index is 1.31. The van der Waals surface area contributed by atoms with Crippen LogP contribution >= 0.6 is 11.6 Å². The van der Waals surface area contributed by atoms with Crippen molar-refractivity contribution < 1.29 is 9.59 Å². The van der Waals surface area contributed by atoms with Gasteiger partial charge in [-0.2, -0.15) is 0 Å². The minimum absolute atomic E-state index is 0.116. The van der Waals surface area contributed by atoms with E-state index in [1.54, 1.807) is 12.1 Å². The van der Waals surface area contributed by atoms with Crippen LogP contribution in [-0.4, -0.2) is 60.0 Å². The van der Waals surface area contributed by atoms with Crippen molar-refractivity contribution in [2.24, 2.45) is 5.92 Å². The summed E-state index contributed by atoms with van der Waals surface area (Å²) in [5, 5.41) is 6.84. The van der Waals surface area contributed by atoms with Crippen LogP contribution in [0.3, 0.4) is 0 Å². The molecule has 2 aromatic rings. The molecule has 0 spiro atoms. The lowest BCUT2D eigenvalue weighted by Crippen LogP contribution is -2.59. The van der Waals surface area contributed by atoms with E-state index < -0.39 is 0 Å². The third kappa shape index (κ3) is 7.21. The minimum atomic E-state index is -0.122. The first kappa shape index (κ1) is 25.5. The highest BCUT2D eigenvalue weighted by Gasteiger charge is 2.37. The van der Waals surface area contributed by atoms with Gasteiger partial charge in [-0.1, -0.05) is 60.8 Å². The number of rotatable bonds is 8. The third-order valence-corrected chi connectivity index (χ3v) is 7.52. The molecule has 0 aromatic heterocycles. The molecule has 2 aromatic carbocycles. The molecule has 2 N–H and O–H groups in total. The molecule has 188 valence electrons. The van der Waals surface area contributed by atoms with E-state index in [0.29, 0.717) is 42.8 Å². The van der Waals surface area contributed by atoms with E-state index in [9.17, 15) is 9.59 Å². The Morgan fingerprint density at radius 1 is 1.00 bits per heavy atom. The quantitative estimate of drug-likeness (QED) is 0.529. The number of benzene rings is 2. The number of hydrogen-bond acceptors (Lipinski definition) is 3. The summed E-state index contributed by atoms with van der Waals surface area (Å²) in [7, 11) is 0. The molecular formula is C28H37ClN4O2. The van der Waals surface area contributed by atoms with Crippen molar-refractivity contribution in [3.05, 3.63) is 65.2 Å². The monoisotopic (exact) mass is 496 g/mol. The second-order valence-corrected chi connectivity index (χ2v) is 10.3. The van der Waals surface area contributed by atoms with Gasteiger partial charge in [0, 0.05) is 42.9 Å². The maximum Gasteiger partial charge on any atom is 0.321 e. The summed E-state index contributed by atoms with van der Waals surface area (Å²) in [5.74, 6) is 0.539. The van der Waals surface area contributed by atoms with Crippen molar-refractivity contribution in [3.63, 3.8) is 0 Å². The number of carbonyl (C=O) groups excluding carboxylic acids is 2. The van der Waals surface area contributed by atoms with E-state index in [1.807, 2.05) is 23.1 Å². The second-order valence-electron chi connectivity index (χ2n) is 9.89. The number of nitrogens with one attached hydrogen (secondary N) is 2. The predicted octanol–water partition coefficient (Wildman–Crippen LogP) is 5.19. The highest BCUT2D eigenvalue weighted by Crippen LogP contribution is 2.31. The molecular weight excluding hydrogens is 460 g/mol. The van der Waals surface area contributed by atoms with Gasteiger partial charge in [0.05, 0.1) is 6.04 Å². The van der Waals surface area contributed by atoms with E-state index in [2.05, 4.69) is 46.7 Å². The molecule has 2 atom stereocenters. The number of amides is 3. The normalized spacial score (nSPS) is 18.7. The zero-order chi connectivity index (χ0) is 24.6. The molecule has 1 heterocycles. The molecule has 1 aliphatic heterocycles. The zero-order valence-corrected chi connectivity index (χ0v) is 21.3. The summed E-state index contributed by atoms with van der Waals surface area (Å²) in [6, 6.07) is 17.5. The Labute approximate surface area is 214 Å². The van der Waals surface area contributed by atoms with Crippen molar-refractivity contribution in [1.82, 2.24) is 15.1 Å². The van der Waals surface area contributed by atoms with Crippen LogP contribution in [0.5, 0.6) is 0 Å². The molecule has 1 aliphatic carbocycles. The molecule has 6 nitrogen and oxygen atoms in total. The molecule has 0 bridgehead atoms. The maximum atomic E-state index is 13.5. The smallest absolute Gasteiger partial charge is 0.321 e. The Kier molecular flexibility index (Phi) is 9.05. The molecule has 3 amide bonds. The van der Waals surface area contributed by atoms with Gasteiger partial charge in [0.2, 0.25) is 5.91 Å². The molecule has 0 radical (unpaired) electrons. The van der Waals surface area contributed by atoms with Crippen LogP contribution in [0.15, 0.2) is 54.6 Å². The number of urea groups is 1. The van der Waals surface area contributed by atoms with E-state index in [1.165, 1.54) is 18.4 Å². The van der Waals surface area contributed by atoms with Gasteiger partial charge in [-0.25, -0.2) is 4.79 Å². The van der Waals surface area contributed by atoms with Gasteiger partial charge in [0.1, 0.15) is 0 Å². The number of aryl methyl sites for hydroxylation is 1. The van der Waals surface area contributed by atoms with Crippen molar-refractivity contribution in [3.8, 4) is 0 Å². The fourth-order valence-corrected chi connectivity index (χ4v) is 5.54. The van der Waals surface area contributed by atoms with Crippen LogP contribution in [0.1, 0.15) is 44.6 Å². The summed E-state index contributed by atoms with van der Waals surface area (Å²) in [6.45, 7) is 4.72. The second kappa shape index (κ2) is 12.4. The fourth-order valence-electron chi connectivity index (χ4n) is 5.35. The maximum absolute atomic E-state index is 13.5. The van der Waals surface area contributed by atoms with Crippen molar-refractivity contribution in [2.45, 2.75) is 57.5 Å². The lowest BCUT2D eigenvalue weighted by atomic mass is 9.94. The first-order valence-corrected chi connectivity index (χ1v) is 13.3.